The average Bonchev–Trinajstić information content (AvgIpc) is 3.34. The third-order valence-corrected chi connectivity index (χ3v) is 6.63. The van der Waals surface area contributed by atoms with Crippen LogP contribution in [0.1, 0.15) is 52.6 Å². The van der Waals surface area contributed by atoms with Crippen molar-refractivity contribution in [2.24, 2.45) is 5.84 Å². The van der Waals surface area contributed by atoms with E-state index < -0.39 is 29.1 Å². The van der Waals surface area contributed by atoms with Crippen molar-refractivity contribution in [3.63, 3.8) is 0 Å². The number of hydrazine groups is 1. The van der Waals surface area contributed by atoms with Crippen LogP contribution in [-0.4, -0.2) is 40.5 Å². The first kappa shape index (κ1) is 30.8. The molecule has 0 fully saturated rings. The highest BCUT2D eigenvalue weighted by Gasteiger charge is 2.36. The fraction of sp³-hybridized carbons (Fsp3) is 0.276. The van der Waals surface area contributed by atoms with Crippen LogP contribution >= 0.6 is 11.6 Å². The van der Waals surface area contributed by atoms with E-state index in [1.165, 1.54) is 24.3 Å². The van der Waals surface area contributed by atoms with Gasteiger partial charge < -0.3 is 20.4 Å². The Hall–Kier alpha value is -4.13. The Morgan fingerprint density at radius 2 is 1.79 bits per heavy atom. The quantitative estimate of drug-likeness (QED) is 0.0785. The van der Waals surface area contributed by atoms with Gasteiger partial charge in [-0.1, -0.05) is 29.8 Å². The molecule has 0 radical (unpaired) electrons. The van der Waals surface area contributed by atoms with Crippen LogP contribution in [0, 0.1) is 6.92 Å². The monoisotopic (exact) mass is 602 g/mol. The van der Waals surface area contributed by atoms with Crippen LogP contribution in [0.2, 0.25) is 5.02 Å². The van der Waals surface area contributed by atoms with Gasteiger partial charge in [0.05, 0.1) is 40.1 Å². The first-order valence-electron chi connectivity index (χ1n) is 12.9. The molecular formula is C29H30ClF3N6O3. The maximum Gasteiger partial charge on any atom is 0.417 e. The zero-order chi connectivity index (χ0) is 30.8. The highest BCUT2D eigenvalue weighted by atomic mass is 35.5. The van der Waals surface area contributed by atoms with Crippen molar-refractivity contribution in [1.29, 1.82) is 0 Å². The van der Waals surface area contributed by atoms with Gasteiger partial charge in [-0.15, -0.1) is 0 Å². The molecule has 0 aliphatic carbocycles. The van der Waals surface area contributed by atoms with Gasteiger partial charge in [0.2, 0.25) is 5.95 Å². The van der Waals surface area contributed by atoms with E-state index in [0.717, 1.165) is 12.1 Å². The Labute approximate surface area is 245 Å². The lowest BCUT2D eigenvalue weighted by Gasteiger charge is -2.20. The summed E-state index contributed by atoms with van der Waals surface area (Å²) in [6.07, 6.45) is -4.78. The number of aromatic amines is 1. The first-order chi connectivity index (χ1) is 19.7. The number of benzene rings is 3. The van der Waals surface area contributed by atoms with Crippen molar-refractivity contribution in [3.8, 4) is 0 Å². The summed E-state index contributed by atoms with van der Waals surface area (Å²) in [4.78, 5) is 34.3. The predicted molar refractivity (Wildman–Crippen MR) is 157 cm³/mol. The number of rotatable bonds is 8. The van der Waals surface area contributed by atoms with Crippen LogP contribution in [0.4, 0.5) is 30.5 Å². The number of imidazole rings is 1. The number of aromatic nitrogens is 2. The molecule has 0 bridgehead atoms. The van der Waals surface area contributed by atoms with Gasteiger partial charge in [0.25, 0.3) is 11.8 Å². The minimum Gasteiger partial charge on any atom is -0.374 e. The second kappa shape index (κ2) is 12.0. The lowest BCUT2D eigenvalue weighted by Crippen LogP contribution is -2.38. The maximum atomic E-state index is 13.6. The Morgan fingerprint density at radius 3 is 2.48 bits per heavy atom. The summed E-state index contributed by atoms with van der Waals surface area (Å²) in [7, 11) is 0. The summed E-state index contributed by atoms with van der Waals surface area (Å²) in [5, 5.41) is 6.87. The van der Waals surface area contributed by atoms with E-state index in [2.05, 4.69) is 20.6 Å². The number of fused-ring (bicyclic) bond motifs is 1. The molecule has 5 N–H and O–H groups in total. The Balaban J connectivity index is 1.73. The molecule has 0 saturated heterocycles. The summed E-state index contributed by atoms with van der Waals surface area (Å²) in [5.41, 5.74) is -0.505. The van der Waals surface area contributed by atoms with Gasteiger partial charge in [-0.2, -0.15) is 13.2 Å². The minimum atomic E-state index is -4.78. The van der Waals surface area contributed by atoms with Gasteiger partial charge in [0, 0.05) is 17.3 Å². The standard InChI is InChI=1S/C29H30ClF3N6O3/c1-16-21(30)10-7-11-22(16)36-25(40)19-14-17(39(34)26(41)18-8-5-6-9-20(18)29(31,32)33)15-23-24(19)38-27(37-23)35-12-13-42-28(2,3)4/h5-11,14-15H,12-13,34H2,1-4H3,(H,36,40)(H2,35,37,38). The molecule has 9 nitrogen and oxygen atoms in total. The molecular weight excluding hydrogens is 573 g/mol. The minimum absolute atomic E-state index is 0.0180. The fourth-order valence-electron chi connectivity index (χ4n) is 4.12. The second-order valence-corrected chi connectivity index (χ2v) is 10.9. The molecule has 4 aromatic rings. The number of carbonyl (C=O) groups excluding carboxylic acids is 2. The smallest absolute Gasteiger partial charge is 0.374 e. The maximum absolute atomic E-state index is 13.6. The molecule has 222 valence electrons. The van der Waals surface area contributed by atoms with E-state index in [4.69, 9.17) is 22.2 Å². The Bertz CT molecular complexity index is 1630. The number of anilines is 3. The van der Waals surface area contributed by atoms with E-state index in [1.54, 1.807) is 25.1 Å². The van der Waals surface area contributed by atoms with Crippen LogP contribution in [-0.2, 0) is 10.9 Å². The van der Waals surface area contributed by atoms with Crippen molar-refractivity contribution in [1.82, 2.24) is 9.97 Å². The van der Waals surface area contributed by atoms with Crippen molar-refractivity contribution >= 4 is 51.8 Å². The zero-order valence-corrected chi connectivity index (χ0v) is 24.1. The number of halogens is 4. The zero-order valence-electron chi connectivity index (χ0n) is 23.3. The molecule has 42 heavy (non-hydrogen) atoms. The summed E-state index contributed by atoms with van der Waals surface area (Å²) in [6, 6.07) is 12.1. The number of alkyl halides is 3. The highest BCUT2D eigenvalue weighted by molar-refractivity contribution is 6.31. The molecule has 0 spiro atoms. The summed E-state index contributed by atoms with van der Waals surface area (Å²) in [6.45, 7) is 8.28. The average molecular weight is 603 g/mol. The third-order valence-electron chi connectivity index (χ3n) is 6.22. The van der Waals surface area contributed by atoms with Gasteiger partial charge in [-0.05, 0) is 69.7 Å². The number of hydrogen-bond donors (Lipinski definition) is 4. The Kier molecular flexibility index (Phi) is 8.81. The van der Waals surface area contributed by atoms with Gasteiger partial charge in [-0.3, -0.25) is 9.59 Å². The molecule has 0 unspecified atom stereocenters. The molecule has 1 aromatic heterocycles. The number of H-pyrrole nitrogens is 1. The molecule has 1 heterocycles. The van der Waals surface area contributed by atoms with Crippen molar-refractivity contribution in [2.45, 2.75) is 39.5 Å². The largest absolute Gasteiger partial charge is 0.417 e. The normalized spacial score (nSPS) is 11.9. The van der Waals surface area contributed by atoms with Gasteiger partial charge in [0.1, 0.15) is 5.52 Å². The van der Waals surface area contributed by atoms with Crippen LogP contribution < -0.4 is 21.5 Å². The molecule has 0 atom stereocenters. The van der Waals surface area contributed by atoms with E-state index >= 15 is 0 Å². The molecule has 0 saturated carbocycles. The van der Waals surface area contributed by atoms with E-state index in [1.807, 2.05) is 20.8 Å². The van der Waals surface area contributed by atoms with Crippen molar-refractivity contribution in [3.05, 3.63) is 81.9 Å². The van der Waals surface area contributed by atoms with E-state index in [9.17, 15) is 22.8 Å². The number of carbonyl (C=O) groups is 2. The van der Waals surface area contributed by atoms with Crippen molar-refractivity contribution in [2.75, 3.05) is 28.8 Å². The number of nitrogens with one attached hydrogen (secondary N) is 3. The van der Waals surface area contributed by atoms with E-state index in [-0.39, 0.29) is 22.4 Å². The first-order valence-corrected chi connectivity index (χ1v) is 13.3. The second-order valence-electron chi connectivity index (χ2n) is 10.4. The highest BCUT2D eigenvalue weighted by Crippen LogP contribution is 2.34. The topological polar surface area (TPSA) is 125 Å². The number of ether oxygens (including phenoxy) is 1. The van der Waals surface area contributed by atoms with Crippen molar-refractivity contribution < 1.29 is 27.5 Å². The number of hydrogen-bond acceptors (Lipinski definition) is 6. The molecule has 0 aliphatic rings. The lowest BCUT2D eigenvalue weighted by atomic mass is 10.1. The van der Waals surface area contributed by atoms with Crippen LogP contribution in [0.15, 0.2) is 54.6 Å². The van der Waals surface area contributed by atoms with E-state index in [0.29, 0.717) is 45.9 Å². The summed E-state index contributed by atoms with van der Waals surface area (Å²) >= 11 is 6.21. The molecule has 0 aliphatic heterocycles. The lowest BCUT2D eigenvalue weighted by molar-refractivity contribution is -0.137. The number of nitrogens with zero attached hydrogens (tertiary/aromatic N) is 2. The third kappa shape index (κ3) is 7.01. The van der Waals surface area contributed by atoms with Crippen LogP contribution in [0.25, 0.3) is 11.0 Å². The fourth-order valence-corrected chi connectivity index (χ4v) is 4.30. The SMILES string of the molecule is Cc1c(Cl)cccc1NC(=O)c1cc(N(N)C(=O)c2ccccc2C(F)(F)F)cc2[nH]c(NCCOC(C)(C)C)nc12. The number of nitrogens with two attached hydrogens (primary N) is 1. The molecule has 13 heteroatoms. The van der Waals surface area contributed by atoms with Crippen LogP contribution in [0.5, 0.6) is 0 Å². The number of amides is 2. The Morgan fingerprint density at radius 1 is 1.07 bits per heavy atom. The molecule has 3 aromatic carbocycles. The summed E-state index contributed by atoms with van der Waals surface area (Å²) in [5.74, 6) is 4.68. The van der Waals surface area contributed by atoms with Gasteiger partial charge in [0.15, 0.2) is 0 Å². The molecule has 2 amide bonds. The van der Waals surface area contributed by atoms with Gasteiger partial charge >= 0.3 is 6.18 Å². The van der Waals surface area contributed by atoms with Gasteiger partial charge in [-0.25, -0.2) is 15.8 Å². The molecule has 4 rings (SSSR count). The predicted octanol–water partition coefficient (Wildman–Crippen LogP) is 6.54. The summed E-state index contributed by atoms with van der Waals surface area (Å²) < 4.78 is 46.5. The van der Waals surface area contributed by atoms with Crippen LogP contribution in [0.3, 0.4) is 0 Å².